The number of rotatable bonds is 9. The topological polar surface area (TPSA) is 64.5 Å². The van der Waals surface area contributed by atoms with Gasteiger partial charge in [0.05, 0.1) is 11.4 Å². The molecule has 8 aromatic carbocycles. The zero-order valence-corrected chi connectivity index (χ0v) is 32.6. The van der Waals surface area contributed by atoms with Gasteiger partial charge in [-0.2, -0.15) is 0 Å². The highest BCUT2D eigenvalue weighted by Gasteiger charge is 2.15. The van der Waals surface area contributed by atoms with E-state index in [1.54, 1.807) is 0 Å². The molecule has 0 unspecified atom stereocenters. The van der Waals surface area contributed by atoms with Crippen molar-refractivity contribution in [3.8, 4) is 101 Å². The maximum absolute atomic E-state index is 5.16. The molecule has 0 spiro atoms. The van der Waals surface area contributed by atoms with Crippen LogP contribution in [0.3, 0.4) is 0 Å². The summed E-state index contributed by atoms with van der Waals surface area (Å²) in [7, 11) is 0. The van der Waals surface area contributed by atoms with Crippen molar-refractivity contribution >= 4 is 0 Å². The van der Waals surface area contributed by atoms with Crippen molar-refractivity contribution in [1.82, 2.24) is 24.9 Å². The second kappa shape index (κ2) is 16.4. The fourth-order valence-corrected chi connectivity index (χ4v) is 7.44. The summed E-state index contributed by atoms with van der Waals surface area (Å²) in [4.78, 5) is 25.1. The van der Waals surface area contributed by atoms with Crippen molar-refractivity contribution in [1.29, 1.82) is 0 Å². The molecule has 0 aliphatic heterocycles. The Kier molecular flexibility index (Phi) is 9.88. The highest BCUT2D eigenvalue weighted by molar-refractivity contribution is 5.80. The fraction of sp³-hybridized carbons (Fsp3) is 0. The van der Waals surface area contributed by atoms with Gasteiger partial charge in [-0.3, -0.25) is 0 Å². The Labute approximate surface area is 349 Å². The number of nitrogens with zero attached hydrogens (tertiary/aromatic N) is 5. The number of hydrogen-bond donors (Lipinski definition) is 0. The van der Waals surface area contributed by atoms with Crippen LogP contribution in [-0.4, -0.2) is 24.9 Å². The molecule has 5 nitrogen and oxygen atoms in total. The summed E-state index contributed by atoms with van der Waals surface area (Å²) in [5.41, 5.74) is 14.2. The lowest BCUT2D eigenvalue weighted by Crippen LogP contribution is -2.00. The second-order valence-electron chi connectivity index (χ2n) is 14.6. The largest absolute Gasteiger partial charge is 0.228 e. The zero-order chi connectivity index (χ0) is 40.1. The smallest absolute Gasteiger partial charge is 0.164 e. The highest BCUT2D eigenvalue weighted by Crippen LogP contribution is 2.34. The molecule has 0 radical (unpaired) electrons. The zero-order valence-electron chi connectivity index (χ0n) is 32.6. The predicted octanol–water partition coefficient (Wildman–Crippen LogP) is 13.7. The van der Waals surface area contributed by atoms with Crippen molar-refractivity contribution in [3.05, 3.63) is 224 Å². The van der Waals surface area contributed by atoms with Gasteiger partial charge in [-0.25, -0.2) is 24.9 Å². The van der Waals surface area contributed by atoms with E-state index in [9.17, 15) is 0 Å². The molecule has 0 N–H and O–H groups in total. The van der Waals surface area contributed by atoms with E-state index in [4.69, 9.17) is 24.9 Å². The van der Waals surface area contributed by atoms with E-state index in [0.29, 0.717) is 23.3 Å². The van der Waals surface area contributed by atoms with Crippen LogP contribution in [0.25, 0.3) is 101 Å². The molecule has 0 fully saturated rings. The molecule has 60 heavy (non-hydrogen) atoms. The molecule has 2 aromatic heterocycles. The average molecular weight is 768 g/mol. The van der Waals surface area contributed by atoms with Crippen molar-refractivity contribution in [3.63, 3.8) is 0 Å². The van der Waals surface area contributed by atoms with Crippen molar-refractivity contribution in [2.45, 2.75) is 0 Å². The third-order valence-corrected chi connectivity index (χ3v) is 10.6. The van der Waals surface area contributed by atoms with Gasteiger partial charge in [0.15, 0.2) is 23.3 Å². The molecule has 0 bridgehead atoms. The predicted molar refractivity (Wildman–Crippen MR) is 244 cm³/mol. The first kappa shape index (κ1) is 36.2. The van der Waals surface area contributed by atoms with E-state index in [1.807, 2.05) is 84.9 Å². The minimum Gasteiger partial charge on any atom is -0.228 e. The lowest BCUT2D eigenvalue weighted by molar-refractivity contribution is 1.07. The first-order chi connectivity index (χ1) is 29.7. The molecule has 0 atom stereocenters. The summed E-state index contributed by atoms with van der Waals surface area (Å²) in [6.07, 6.45) is 0. The molecule has 0 saturated carbocycles. The molecule has 10 rings (SSSR count). The molecule has 0 aliphatic rings. The monoisotopic (exact) mass is 767 g/mol. The van der Waals surface area contributed by atoms with Crippen LogP contribution in [0.1, 0.15) is 0 Å². The summed E-state index contributed by atoms with van der Waals surface area (Å²) in [6, 6.07) is 77.1. The van der Waals surface area contributed by atoms with E-state index in [0.717, 1.165) is 67.0 Å². The minimum atomic E-state index is 0.614. The van der Waals surface area contributed by atoms with Gasteiger partial charge >= 0.3 is 0 Å². The maximum atomic E-state index is 5.16. The lowest BCUT2D eigenvalue weighted by Gasteiger charge is -2.12. The number of aromatic nitrogens is 5. The summed E-state index contributed by atoms with van der Waals surface area (Å²) in [5, 5.41) is 0. The Morgan fingerprint density at radius 3 is 0.867 bits per heavy atom. The average Bonchev–Trinajstić information content (AvgIpc) is 3.35. The molecule has 0 aliphatic carbocycles. The summed E-state index contributed by atoms with van der Waals surface area (Å²) < 4.78 is 0. The van der Waals surface area contributed by atoms with Gasteiger partial charge in [-0.1, -0.05) is 200 Å². The molecule has 10 aromatic rings. The highest BCUT2D eigenvalue weighted by atomic mass is 15.0. The number of benzene rings is 8. The third-order valence-electron chi connectivity index (χ3n) is 10.6. The van der Waals surface area contributed by atoms with Crippen molar-refractivity contribution < 1.29 is 0 Å². The molecule has 0 saturated heterocycles. The third kappa shape index (κ3) is 7.76. The van der Waals surface area contributed by atoms with Gasteiger partial charge in [0.2, 0.25) is 0 Å². The molecular weight excluding hydrogens is 731 g/mol. The van der Waals surface area contributed by atoms with Crippen LogP contribution >= 0.6 is 0 Å². The van der Waals surface area contributed by atoms with Crippen LogP contribution in [0.15, 0.2) is 224 Å². The van der Waals surface area contributed by atoms with Crippen LogP contribution in [0.2, 0.25) is 0 Å². The van der Waals surface area contributed by atoms with Crippen LogP contribution in [-0.2, 0) is 0 Å². The van der Waals surface area contributed by atoms with Crippen LogP contribution < -0.4 is 0 Å². The SMILES string of the molecule is c1ccc(-c2ccc(-c3cccc(-c4cc(-c5cccc(-c6cccc(-c7nc(-c8ccccc8)nc(-c8ccccc8)n7)c6)c5)nc(-c5ccccc5)n4)c3)cc2)cc1. The van der Waals surface area contributed by atoms with E-state index in [-0.39, 0.29) is 0 Å². The first-order valence-corrected chi connectivity index (χ1v) is 20.0. The van der Waals surface area contributed by atoms with Gasteiger partial charge in [0.25, 0.3) is 0 Å². The summed E-state index contributed by atoms with van der Waals surface area (Å²) in [5.74, 6) is 2.55. The summed E-state index contributed by atoms with van der Waals surface area (Å²) in [6.45, 7) is 0. The Hall–Kier alpha value is -8.15. The van der Waals surface area contributed by atoms with Crippen molar-refractivity contribution in [2.24, 2.45) is 0 Å². The number of hydrogen-bond acceptors (Lipinski definition) is 5. The van der Waals surface area contributed by atoms with E-state index in [1.165, 1.54) is 11.1 Å². The van der Waals surface area contributed by atoms with E-state index < -0.39 is 0 Å². The van der Waals surface area contributed by atoms with E-state index >= 15 is 0 Å². The van der Waals surface area contributed by atoms with Crippen LogP contribution in [0.4, 0.5) is 0 Å². The summed E-state index contributed by atoms with van der Waals surface area (Å²) >= 11 is 0. The minimum absolute atomic E-state index is 0.614. The Morgan fingerprint density at radius 1 is 0.167 bits per heavy atom. The fourth-order valence-electron chi connectivity index (χ4n) is 7.44. The van der Waals surface area contributed by atoms with Crippen molar-refractivity contribution in [2.75, 3.05) is 0 Å². The first-order valence-electron chi connectivity index (χ1n) is 20.0. The molecule has 2 heterocycles. The van der Waals surface area contributed by atoms with E-state index in [2.05, 4.69) is 140 Å². The maximum Gasteiger partial charge on any atom is 0.164 e. The van der Waals surface area contributed by atoms with Gasteiger partial charge in [-0.15, -0.1) is 0 Å². The lowest BCUT2D eigenvalue weighted by atomic mass is 9.97. The van der Waals surface area contributed by atoms with Gasteiger partial charge < -0.3 is 0 Å². The van der Waals surface area contributed by atoms with Gasteiger partial charge in [0.1, 0.15) is 0 Å². The normalized spacial score (nSPS) is 11.0. The van der Waals surface area contributed by atoms with Crippen LogP contribution in [0, 0.1) is 0 Å². The standard InChI is InChI=1S/C55H37N5/c1-5-16-38(17-6-1)39-30-32-40(33-31-39)44-24-13-27-47(34-44)50-37-51(57-52(56-50)41-18-7-2-8-19-41)48-28-14-25-45(35-48)46-26-15-29-49(36-46)55-59-53(42-20-9-3-10-21-42)58-54(60-55)43-22-11-4-12-23-43/h1-37H. The molecule has 0 amide bonds. The Bertz CT molecular complexity index is 3000. The van der Waals surface area contributed by atoms with Crippen LogP contribution in [0.5, 0.6) is 0 Å². The Morgan fingerprint density at radius 2 is 0.433 bits per heavy atom. The molecule has 5 heteroatoms. The Balaban J connectivity index is 1.02. The molecular formula is C55H37N5. The van der Waals surface area contributed by atoms with Gasteiger partial charge in [-0.05, 0) is 57.6 Å². The second-order valence-corrected chi connectivity index (χ2v) is 14.6. The van der Waals surface area contributed by atoms with Gasteiger partial charge in [0, 0.05) is 33.4 Å². The molecule has 282 valence electrons. The quantitative estimate of drug-likeness (QED) is 0.146.